The summed E-state index contributed by atoms with van der Waals surface area (Å²) in [5, 5.41) is 0. The van der Waals surface area contributed by atoms with Gasteiger partial charge in [0.2, 0.25) is 0 Å². The van der Waals surface area contributed by atoms with Gasteiger partial charge in [0, 0.05) is 0 Å². The number of carbonyl (C=O) groups excluding carboxylic acids is 2. The van der Waals surface area contributed by atoms with Crippen LogP contribution in [-0.2, 0) is 4.74 Å². The summed E-state index contributed by atoms with van der Waals surface area (Å²) < 4.78 is 8.39. The van der Waals surface area contributed by atoms with E-state index in [1.165, 1.54) is 6.07 Å². The fraction of sp³-hybridized carbons (Fsp3) is 0.286. The third kappa shape index (κ3) is 2.25. The highest BCUT2D eigenvalue weighted by atomic mass is 32.1. The maximum atomic E-state index is 11.1. The van der Waals surface area contributed by atoms with Gasteiger partial charge in [-0.25, -0.2) is 4.79 Å². The molecular formula is C7H8N2O3S. The van der Waals surface area contributed by atoms with Gasteiger partial charge in [-0.3, -0.25) is 4.79 Å². The van der Waals surface area contributed by atoms with Gasteiger partial charge in [0.05, 0.1) is 6.61 Å². The van der Waals surface area contributed by atoms with Crippen LogP contribution in [0, 0.1) is 0 Å². The molecular weight excluding hydrogens is 192 g/mol. The quantitative estimate of drug-likeness (QED) is 0.717. The molecule has 5 nitrogen and oxygen atoms in total. The standard InChI is InChI=1S/C7H8N2O3S/c1-2-12-7(11)5-3-4(6(8)10)9-13-5/h3H,2H2,1H3,(H2,8,10). The van der Waals surface area contributed by atoms with E-state index < -0.39 is 11.9 Å². The van der Waals surface area contributed by atoms with Crippen LogP contribution in [0.4, 0.5) is 0 Å². The molecule has 0 saturated heterocycles. The largest absolute Gasteiger partial charge is 0.462 e. The molecule has 0 atom stereocenters. The predicted molar refractivity (Wildman–Crippen MR) is 46.6 cm³/mol. The second-order valence-corrected chi connectivity index (χ2v) is 2.97. The first-order valence-electron chi connectivity index (χ1n) is 3.58. The van der Waals surface area contributed by atoms with E-state index in [0.717, 1.165) is 11.5 Å². The Morgan fingerprint density at radius 2 is 2.38 bits per heavy atom. The smallest absolute Gasteiger partial charge is 0.349 e. The Hall–Kier alpha value is -1.43. The van der Waals surface area contributed by atoms with Crippen LogP contribution in [0.25, 0.3) is 0 Å². The van der Waals surface area contributed by atoms with Gasteiger partial charge in [-0.2, -0.15) is 4.37 Å². The number of hydrogen-bond acceptors (Lipinski definition) is 5. The molecule has 70 valence electrons. The van der Waals surface area contributed by atoms with E-state index in [1.54, 1.807) is 6.92 Å². The zero-order chi connectivity index (χ0) is 9.84. The molecule has 1 aromatic heterocycles. The molecule has 0 unspecified atom stereocenters. The van der Waals surface area contributed by atoms with Crippen molar-refractivity contribution in [3.8, 4) is 0 Å². The molecule has 0 bridgehead atoms. The first-order chi connectivity index (χ1) is 6.15. The van der Waals surface area contributed by atoms with Crippen LogP contribution in [0.3, 0.4) is 0 Å². The summed E-state index contributed by atoms with van der Waals surface area (Å²) in [5.74, 6) is -1.13. The fourth-order valence-corrected chi connectivity index (χ4v) is 1.33. The number of nitrogens with zero attached hydrogens (tertiary/aromatic N) is 1. The molecule has 0 saturated carbocycles. The number of esters is 1. The maximum Gasteiger partial charge on any atom is 0.349 e. The molecule has 1 rings (SSSR count). The number of nitrogens with two attached hydrogens (primary N) is 1. The molecule has 0 radical (unpaired) electrons. The number of ether oxygens (including phenoxy) is 1. The Morgan fingerprint density at radius 3 is 2.85 bits per heavy atom. The topological polar surface area (TPSA) is 82.3 Å². The van der Waals surface area contributed by atoms with Crippen LogP contribution >= 0.6 is 11.5 Å². The van der Waals surface area contributed by atoms with Crippen molar-refractivity contribution in [1.82, 2.24) is 4.37 Å². The van der Waals surface area contributed by atoms with Gasteiger partial charge in [0.1, 0.15) is 10.6 Å². The fourth-order valence-electron chi connectivity index (χ4n) is 0.690. The van der Waals surface area contributed by atoms with Crippen molar-refractivity contribution in [2.45, 2.75) is 6.92 Å². The molecule has 0 aliphatic carbocycles. The van der Waals surface area contributed by atoms with Crippen molar-refractivity contribution < 1.29 is 14.3 Å². The monoisotopic (exact) mass is 200 g/mol. The first kappa shape index (κ1) is 9.66. The van der Waals surface area contributed by atoms with E-state index >= 15 is 0 Å². The van der Waals surface area contributed by atoms with Gasteiger partial charge in [-0.15, -0.1) is 0 Å². The van der Waals surface area contributed by atoms with E-state index in [1.807, 2.05) is 0 Å². The maximum absolute atomic E-state index is 11.1. The summed E-state index contributed by atoms with van der Waals surface area (Å²) in [6.07, 6.45) is 0. The molecule has 0 aliphatic rings. The van der Waals surface area contributed by atoms with Crippen molar-refractivity contribution in [2.24, 2.45) is 5.73 Å². The lowest BCUT2D eigenvalue weighted by molar-refractivity contribution is 0.0532. The number of hydrogen-bond donors (Lipinski definition) is 1. The average molecular weight is 200 g/mol. The minimum absolute atomic E-state index is 0.0908. The number of carbonyl (C=O) groups is 2. The van der Waals surface area contributed by atoms with Gasteiger partial charge < -0.3 is 10.5 Å². The highest BCUT2D eigenvalue weighted by Crippen LogP contribution is 2.10. The molecule has 0 spiro atoms. The van der Waals surface area contributed by atoms with Gasteiger partial charge >= 0.3 is 5.97 Å². The Labute approximate surface area is 78.7 Å². The van der Waals surface area contributed by atoms with Gasteiger partial charge in [-0.05, 0) is 24.5 Å². The summed E-state index contributed by atoms with van der Waals surface area (Å²) in [6.45, 7) is 2.00. The zero-order valence-electron chi connectivity index (χ0n) is 6.94. The SMILES string of the molecule is CCOC(=O)c1cc(C(N)=O)ns1. The van der Waals surface area contributed by atoms with Crippen molar-refractivity contribution >= 4 is 23.4 Å². The minimum atomic E-state index is -0.646. The number of amides is 1. The molecule has 1 aromatic rings. The number of rotatable bonds is 3. The van der Waals surface area contributed by atoms with Crippen molar-refractivity contribution in [3.05, 3.63) is 16.6 Å². The van der Waals surface area contributed by atoms with Crippen molar-refractivity contribution in [3.63, 3.8) is 0 Å². The second kappa shape index (κ2) is 3.99. The molecule has 13 heavy (non-hydrogen) atoms. The second-order valence-electron chi connectivity index (χ2n) is 2.16. The Balaban J connectivity index is 2.79. The highest BCUT2D eigenvalue weighted by Gasteiger charge is 2.13. The van der Waals surface area contributed by atoms with E-state index in [-0.39, 0.29) is 10.6 Å². The summed E-state index contributed by atoms with van der Waals surface area (Å²) in [4.78, 5) is 22.0. The Kier molecular flexibility index (Phi) is 2.97. The number of aromatic nitrogens is 1. The molecule has 0 fully saturated rings. The zero-order valence-corrected chi connectivity index (χ0v) is 7.76. The average Bonchev–Trinajstić information content (AvgIpc) is 2.52. The molecule has 2 N–H and O–H groups in total. The predicted octanol–water partition coefficient (Wildman–Crippen LogP) is 0.419. The van der Waals surface area contributed by atoms with Crippen molar-refractivity contribution in [2.75, 3.05) is 6.61 Å². The molecule has 1 heterocycles. The van der Waals surface area contributed by atoms with Gasteiger partial charge in [0.25, 0.3) is 5.91 Å². The molecule has 0 aliphatic heterocycles. The van der Waals surface area contributed by atoms with Crippen LogP contribution in [-0.4, -0.2) is 22.9 Å². The lowest BCUT2D eigenvalue weighted by Gasteiger charge is -1.95. The molecule has 1 amide bonds. The van der Waals surface area contributed by atoms with Crippen LogP contribution in [0.5, 0.6) is 0 Å². The van der Waals surface area contributed by atoms with Crippen LogP contribution in [0.2, 0.25) is 0 Å². The molecule has 0 aromatic carbocycles. The van der Waals surface area contributed by atoms with Crippen LogP contribution in [0.15, 0.2) is 6.07 Å². The number of primary amides is 1. The van der Waals surface area contributed by atoms with Gasteiger partial charge in [0.15, 0.2) is 0 Å². The summed E-state index contributed by atoms with van der Waals surface area (Å²) in [7, 11) is 0. The molecule has 6 heteroatoms. The van der Waals surface area contributed by atoms with E-state index in [9.17, 15) is 9.59 Å². The minimum Gasteiger partial charge on any atom is -0.462 e. The van der Waals surface area contributed by atoms with Crippen molar-refractivity contribution in [1.29, 1.82) is 0 Å². The van der Waals surface area contributed by atoms with E-state index in [4.69, 9.17) is 10.5 Å². The summed E-state index contributed by atoms with van der Waals surface area (Å²) in [6, 6.07) is 1.32. The lowest BCUT2D eigenvalue weighted by atomic mass is 10.3. The van der Waals surface area contributed by atoms with E-state index in [0.29, 0.717) is 6.61 Å². The summed E-state index contributed by atoms with van der Waals surface area (Å²) >= 11 is 0.901. The van der Waals surface area contributed by atoms with Crippen LogP contribution < -0.4 is 5.73 Å². The normalized spacial score (nSPS) is 9.62. The van der Waals surface area contributed by atoms with E-state index in [2.05, 4.69) is 4.37 Å². The van der Waals surface area contributed by atoms with Crippen LogP contribution in [0.1, 0.15) is 27.1 Å². The first-order valence-corrected chi connectivity index (χ1v) is 4.36. The summed E-state index contributed by atoms with van der Waals surface area (Å²) in [5.41, 5.74) is 5.05. The lowest BCUT2D eigenvalue weighted by Crippen LogP contribution is -2.11. The third-order valence-corrected chi connectivity index (χ3v) is 2.01. The highest BCUT2D eigenvalue weighted by molar-refractivity contribution is 7.08. The third-order valence-electron chi connectivity index (χ3n) is 1.24. The Bertz CT molecular complexity index is 334. The Morgan fingerprint density at radius 1 is 1.69 bits per heavy atom. The van der Waals surface area contributed by atoms with Gasteiger partial charge in [-0.1, -0.05) is 0 Å².